The van der Waals surface area contributed by atoms with E-state index in [9.17, 15) is 14.5 Å². The highest BCUT2D eigenvalue weighted by molar-refractivity contribution is 7.98. The van der Waals surface area contributed by atoms with Crippen LogP contribution in [0, 0.1) is 15.9 Å². The van der Waals surface area contributed by atoms with Crippen LogP contribution in [0.5, 0.6) is 0 Å². The van der Waals surface area contributed by atoms with E-state index in [1.807, 2.05) is 4.57 Å². The van der Waals surface area contributed by atoms with Crippen LogP contribution in [-0.2, 0) is 17.0 Å². The molecule has 2 aromatic heterocycles. The Labute approximate surface area is 197 Å². The predicted molar refractivity (Wildman–Crippen MR) is 120 cm³/mol. The molecule has 1 aliphatic rings. The monoisotopic (exact) mass is 482 g/mol. The van der Waals surface area contributed by atoms with Crippen molar-refractivity contribution in [1.82, 2.24) is 25.0 Å². The maximum Gasteiger partial charge on any atom is 0.269 e. The lowest BCUT2D eigenvalue weighted by Crippen LogP contribution is -2.16. The normalized spacial score (nSPS) is 15.6. The van der Waals surface area contributed by atoms with E-state index in [4.69, 9.17) is 9.15 Å². The molecule has 0 radical (unpaired) electrons. The Kier molecular flexibility index (Phi) is 6.32. The third-order valence-corrected chi connectivity index (χ3v) is 6.30. The average Bonchev–Trinajstić information content (AvgIpc) is 3.61. The Bertz CT molecular complexity index is 1290. The quantitative estimate of drug-likeness (QED) is 0.203. The van der Waals surface area contributed by atoms with Gasteiger partial charge in [-0.05, 0) is 49.2 Å². The van der Waals surface area contributed by atoms with E-state index in [0.29, 0.717) is 34.7 Å². The maximum absolute atomic E-state index is 13.4. The first kappa shape index (κ1) is 22.2. The van der Waals surface area contributed by atoms with Gasteiger partial charge in [0.15, 0.2) is 11.0 Å². The largest absolute Gasteiger partial charge is 0.420 e. The number of aromatic nitrogens is 5. The summed E-state index contributed by atoms with van der Waals surface area (Å²) in [6.45, 7) is 1.31. The van der Waals surface area contributed by atoms with Crippen molar-refractivity contribution in [2.24, 2.45) is 0 Å². The first-order chi connectivity index (χ1) is 16.6. The van der Waals surface area contributed by atoms with E-state index in [1.54, 1.807) is 24.3 Å². The van der Waals surface area contributed by atoms with Crippen molar-refractivity contribution in [2.45, 2.75) is 36.4 Å². The second-order valence-electron chi connectivity index (χ2n) is 7.65. The van der Waals surface area contributed by atoms with Gasteiger partial charge < -0.3 is 9.15 Å². The van der Waals surface area contributed by atoms with Crippen molar-refractivity contribution in [3.63, 3.8) is 0 Å². The topological polar surface area (TPSA) is 122 Å². The summed E-state index contributed by atoms with van der Waals surface area (Å²) in [7, 11) is 0. The fourth-order valence-electron chi connectivity index (χ4n) is 3.65. The summed E-state index contributed by atoms with van der Waals surface area (Å²) in [5, 5.41) is 28.3. The van der Waals surface area contributed by atoms with Gasteiger partial charge >= 0.3 is 0 Å². The predicted octanol–water partition coefficient (Wildman–Crippen LogP) is 4.51. The Morgan fingerprint density at radius 3 is 2.53 bits per heavy atom. The number of rotatable bonds is 8. The molecule has 0 bridgehead atoms. The first-order valence-electron chi connectivity index (χ1n) is 10.6. The molecule has 2 aromatic carbocycles. The van der Waals surface area contributed by atoms with Gasteiger partial charge in [0.05, 0.1) is 23.3 Å². The van der Waals surface area contributed by atoms with Gasteiger partial charge in [0.25, 0.3) is 5.69 Å². The molecule has 0 unspecified atom stereocenters. The zero-order valence-corrected chi connectivity index (χ0v) is 18.7. The minimum atomic E-state index is -0.466. The molecule has 34 heavy (non-hydrogen) atoms. The van der Waals surface area contributed by atoms with E-state index in [2.05, 4.69) is 20.4 Å². The van der Waals surface area contributed by atoms with Crippen LogP contribution in [0.25, 0.3) is 22.8 Å². The lowest BCUT2D eigenvalue weighted by Gasteiger charge is -2.14. The maximum atomic E-state index is 13.4. The Balaban J connectivity index is 1.34. The van der Waals surface area contributed by atoms with Gasteiger partial charge in [0.2, 0.25) is 11.8 Å². The highest BCUT2D eigenvalue weighted by Crippen LogP contribution is 2.29. The van der Waals surface area contributed by atoms with Crippen LogP contribution in [-0.4, -0.2) is 42.6 Å². The average molecular weight is 482 g/mol. The highest BCUT2D eigenvalue weighted by Gasteiger charge is 2.22. The molecule has 12 heteroatoms. The van der Waals surface area contributed by atoms with Crippen LogP contribution in [0.15, 0.2) is 58.1 Å². The standard InChI is InChI=1S/C22H19FN6O4S/c23-16-7-3-14(4-8-16)20-25-27-22(28(20)12-18-2-1-11-32-18)34-13-19-24-26-21(33-19)15-5-9-17(10-6-15)29(30)31/h3-10,18H,1-2,11-13H2/t18-/m0/s1. The fourth-order valence-corrected chi connectivity index (χ4v) is 4.43. The zero-order chi connectivity index (χ0) is 23.5. The number of non-ortho nitro benzene ring substituents is 1. The molecule has 0 aliphatic carbocycles. The van der Waals surface area contributed by atoms with E-state index in [-0.39, 0.29) is 23.5 Å². The van der Waals surface area contributed by atoms with Crippen molar-refractivity contribution in [3.05, 3.63) is 70.4 Å². The van der Waals surface area contributed by atoms with Crippen LogP contribution in [0.1, 0.15) is 18.7 Å². The molecule has 1 atom stereocenters. The minimum absolute atomic E-state index is 0.0124. The molecule has 174 valence electrons. The van der Waals surface area contributed by atoms with Gasteiger partial charge in [-0.2, -0.15) is 0 Å². The molecule has 0 amide bonds. The van der Waals surface area contributed by atoms with Crippen LogP contribution in [0.2, 0.25) is 0 Å². The van der Waals surface area contributed by atoms with Crippen LogP contribution in [0.4, 0.5) is 10.1 Å². The smallest absolute Gasteiger partial charge is 0.269 e. The molecule has 3 heterocycles. The summed E-state index contributed by atoms with van der Waals surface area (Å²) in [4.78, 5) is 10.4. The van der Waals surface area contributed by atoms with Crippen LogP contribution in [0.3, 0.4) is 0 Å². The number of thioether (sulfide) groups is 1. The molecular weight excluding hydrogens is 463 g/mol. The van der Waals surface area contributed by atoms with Crippen LogP contribution >= 0.6 is 11.8 Å². The lowest BCUT2D eigenvalue weighted by molar-refractivity contribution is -0.384. The lowest BCUT2D eigenvalue weighted by atomic mass is 10.2. The third kappa shape index (κ3) is 4.82. The van der Waals surface area contributed by atoms with E-state index in [0.717, 1.165) is 25.0 Å². The number of ether oxygens (including phenoxy) is 1. The number of hydrogen-bond donors (Lipinski definition) is 0. The Morgan fingerprint density at radius 2 is 1.82 bits per heavy atom. The number of hydrogen-bond acceptors (Lipinski definition) is 9. The van der Waals surface area contributed by atoms with Gasteiger partial charge in [0.1, 0.15) is 5.82 Å². The van der Waals surface area contributed by atoms with Crippen LogP contribution < -0.4 is 0 Å². The molecular formula is C22H19FN6O4S. The zero-order valence-electron chi connectivity index (χ0n) is 17.8. The number of halogens is 1. The molecule has 0 spiro atoms. The summed E-state index contributed by atoms with van der Waals surface area (Å²) in [5.74, 6) is 1.33. The van der Waals surface area contributed by atoms with Crippen molar-refractivity contribution in [2.75, 3.05) is 6.61 Å². The summed E-state index contributed by atoms with van der Waals surface area (Å²) >= 11 is 1.39. The third-order valence-electron chi connectivity index (χ3n) is 5.35. The molecule has 5 rings (SSSR count). The van der Waals surface area contributed by atoms with Gasteiger partial charge in [-0.25, -0.2) is 4.39 Å². The second kappa shape index (κ2) is 9.69. The highest BCUT2D eigenvalue weighted by atomic mass is 32.2. The van der Waals surface area contributed by atoms with E-state index >= 15 is 0 Å². The number of nitrogens with zero attached hydrogens (tertiary/aromatic N) is 6. The van der Waals surface area contributed by atoms with Gasteiger partial charge in [-0.3, -0.25) is 14.7 Å². The van der Waals surface area contributed by atoms with E-state index in [1.165, 1.54) is 36.0 Å². The molecule has 1 aliphatic heterocycles. The summed E-state index contributed by atoms with van der Waals surface area (Å²) < 4.78 is 26.9. The van der Waals surface area contributed by atoms with Gasteiger partial charge in [-0.1, -0.05) is 11.8 Å². The van der Waals surface area contributed by atoms with E-state index < -0.39 is 4.92 Å². The van der Waals surface area contributed by atoms with Gasteiger partial charge in [-0.15, -0.1) is 20.4 Å². The molecule has 4 aromatic rings. The minimum Gasteiger partial charge on any atom is -0.420 e. The molecule has 1 fully saturated rings. The number of benzene rings is 2. The summed E-state index contributed by atoms with van der Waals surface area (Å²) in [6, 6.07) is 12.0. The molecule has 0 N–H and O–H groups in total. The Morgan fingerprint density at radius 1 is 1.06 bits per heavy atom. The van der Waals surface area contributed by atoms with Crippen molar-refractivity contribution < 1.29 is 18.5 Å². The van der Waals surface area contributed by atoms with Crippen molar-refractivity contribution >= 4 is 17.4 Å². The first-order valence-corrected chi connectivity index (χ1v) is 11.6. The second-order valence-corrected chi connectivity index (χ2v) is 8.59. The molecule has 10 nitrogen and oxygen atoms in total. The van der Waals surface area contributed by atoms with Crippen molar-refractivity contribution in [3.8, 4) is 22.8 Å². The SMILES string of the molecule is O=[N+]([O-])c1ccc(-c2nnc(CSc3nnc(-c4ccc(F)cc4)n3C[C@@H]3CCCO3)o2)cc1. The summed E-state index contributed by atoms with van der Waals surface area (Å²) in [5.41, 5.74) is 1.34. The Hall–Kier alpha value is -3.64. The summed E-state index contributed by atoms with van der Waals surface area (Å²) in [6.07, 6.45) is 2.02. The van der Waals surface area contributed by atoms with Crippen molar-refractivity contribution in [1.29, 1.82) is 0 Å². The number of nitro groups is 1. The van der Waals surface area contributed by atoms with Gasteiger partial charge in [0, 0.05) is 29.9 Å². The molecule has 1 saturated heterocycles. The fraction of sp³-hybridized carbons (Fsp3) is 0.273. The molecule has 0 saturated carbocycles. The number of nitro benzene ring substituents is 1.